The lowest BCUT2D eigenvalue weighted by Gasteiger charge is -2.14. The smallest absolute Gasteiger partial charge is 0.330 e. The Hall–Kier alpha value is -2.74. The number of fused-ring (bicyclic) bond motifs is 1. The van der Waals surface area contributed by atoms with Crippen LogP contribution in [0.25, 0.3) is 10.8 Å². The van der Waals surface area contributed by atoms with Crippen molar-refractivity contribution in [3.8, 4) is 0 Å². The summed E-state index contributed by atoms with van der Waals surface area (Å²) in [6.45, 7) is -0.609. The van der Waals surface area contributed by atoms with Crippen LogP contribution in [0.1, 0.15) is 10.5 Å². The second-order valence-corrected chi connectivity index (χ2v) is 4.55. The fraction of sp³-hybridized carbons (Fsp3) is 0.286. The van der Waals surface area contributed by atoms with Gasteiger partial charge in [-0.3, -0.25) is 9.59 Å². The molecule has 8 heteroatoms. The minimum Gasteiger partial charge on any atom is -0.467 e. The standard InChI is InChI=1S/C14H15N3O5/c1-17-13(20)9-6-4-3-5-8(9)11(16-17)12(19)15-10(7-18)14(21)22-2/h3-6,10,18H,7H2,1-2H3,(H,15,19)/t10-/m0/s1. The van der Waals surface area contributed by atoms with E-state index >= 15 is 0 Å². The molecular weight excluding hydrogens is 290 g/mol. The van der Waals surface area contributed by atoms with Gasteiger partial charge in [-0.2, -0.15) is 5.10 Å². The number of esters is 1. The maximum Gasteiger partial charge on any atom is 0.330 e. The molecule has 0 unspecified atom stereocenters. The summed E-state index contributed by atoms with van der Waals surface area (Å²) in [4.78, 5) is 35.7. The van der Waals surface area contributed by atoms with E-state index in [0.29, 0.717) is 10.8 Å². The average Bonchev–Trinajstić information content (AvgIpc) is 2.55. The molecule has 1 atom stereocenters. The Bertz CT molecular complexity index is 784. The number of carbonyl (C=O) groups is 2. The van der Waals surface area contributed by atoms with Gasteiger partial charge in [-0.25, -0.2) is 9.48 Å². The quantitative estimate of drug-likeness (QED) is 0.715. The number of rotatable bonds is 4. The van der Waals surface area contributed by atoms with Gasteiger partial charge < -0.3 is 15.2 Å². The number of aliphatic hydroxyl groups is 1. The van der Waals surface area contributed by atoms with E-state index in [-0.39, 0.29) is 11.3 Å². The molecule has 0 saturated heterocycles. The van der Waals surface area contributed by atoms with Crippen LogP contribution in [-0.2, 0) is 16.6 Å². The van der Waals surface area contributed by atoms with Crippen molar-refractivity contribution >= 4 is 22.6 Å². The number of hydrogen-bond donors (Lipinski definition) is 2. The Morgan fingerprint density at radius 3 is 2.59 bits per heavy atom. The Kier molecular flexibility index (Phi) is 4.52. The Morgan fingerprint density at radius 2 is 2.00 bits per heavy atom. The Labute approximate surface area is 125 Å². The minimum absolute atomic E-state index is 0.0138. The third-order valence-corrected chi connectivity index (χ3v) is 3.15. The maximum absolute atomic E-state index is 12.3. The van der Waals surface area contributed by atoms with Gasteiger partial charge in [0.15, 0.2) is 11.7 Å². The van der Waals surface area contributed by atoms with Crippen molar-refractivity contribution in [1.82, 2.24) is 15.1 Å². The van der Waals surface area contributed by atoms with Gasteiger partial charge in [0, 0.05) is 12.4 Å². The van der Waals surface area contributed by atoms with Crippen LogP contribution in [-0.4, -0.2) is 46.5 Å². The van der Waals surface area contributed by atoms with Crippen molar-refractivity contribution in [3.05, 3.63) is 40.3 Å². The number of amides is 1. The fourth-order valence-electron chi connectivity index (χ4n) is 2.02. The van der Waals surface area contributed by atoms with Crippen LogP contribution in [0.4, 0.5) is 0 Å². The number of methoxy groups -OCH3 is 1. The topological polar surface area (TPSA) is 111 Å². The lowest BCUT2D eigenvalue weighted by Crippen LogP contribution is -2.44. The highest BCUT2D eigenvalue weighted by Crippen LogP contribution is 2.13. The van der Waals surface area contributed by atoms with Crippen molar-refractivity contribution in [1.29, 1.82) is 0 Å². The number of benzene rings is 1. The van der Waals surface area contributed by atoms with Crippen LogP contribution < -0.4 is 10.9 Å². The summed E-state index contributed by atoms with van der Waals surface area (Å²) < 4.78 is 5.53. The van der Waals surface area contributed by atoms with E-state index in [1.165, 1.54) is 7.05 Å². The molecule has 1 heterocycles. The fourth-order valence-corrected chi connectivity index (χ4v) is 2.02. The summed E-state index contributed by atoms with van der Waals surface area (Å²) in [5.41, 5.74) is -0.348. The summed E-state index contributed by atoms with van der Waals surface area (Å²) in [5.74, 6) is -1.46. The predicted molar refractivity (Wildman–Crippen MR) is 77.3 cm³/mol. The minimum atomic E-state index is -1.20. The number of aliphatic hydroxyl groups excluding tert-OH is 1. The van der Waals surface area contributed by atoms with Crippen LogP contribution in [0.15, 0.2) is 29.1 Å². The Balaban J connectivity index is 2.46. The van der Waals surface area contributed by atoms with Crippen LogP contribution in [0.3, 0.4) is 0 Å². The SMILES string of the molecule is COC(=O)[C@H](CO)NC(=O)c1nn(C)c(=O)c2ccccc12. The third-order valence-electron chi connectivity index (χ3n) is 3.15. The normalized spacial score (nSPS) is 12.0. The van der Waals surface area contributed by atoms with Crippen molar-refractivity contribution < 1.29 is 19.4 Å². The van der Waals surface area contributed by atoms with Crippen LogP contribution >= 0.6 is 0 Å². The molecule has 0 radical (unpaired) electrons. The number of nitrogens with zero attached hydrogens (tertiary/aromatic N) is 2. The van der Waals surface area contributed by atoms with E-state index in [0.717, 1.165) is 11.8 Å². The summed E-state index contributed by atoms with van der Waals surface area (Å²) in [7, 11) is 2.58. The second-order valence-electron chi connectivity index (χ2n) is 4.55. The molecule has 116 valence electrons. The molecule has 0 spiro atoms. The number of hydrogen-bond acceptors (Lipinski definition) is 6. The second kappa shape index (κ2) is 6.35. The first kappa shape index (κ1) is 15.6. The highest BCUT2D eigenvalue weighted by Gasteiger charge is 2.23. The number of aryl methyl sites for hydroxylation is 1. The molecule has 1 aromatic heterocycles. The van der Waals surface area contributed by atoms with Crippen LogP contribution in [0.2, 0.25) is 0 Å². The average molecular weight is 305 g/mol. The van der Waals surface area contributed by atoms with E-state index in [1.54, 1.807) is 24.3 Å². The molecule has 2 N–H and O–H groups in total. The number of ether oxygens (including phenoxy) is 1. The van der Waals surface area contributed by atoms with E-state index in [9.17, 15) is 14.4 Å². The van der Waals surface area contributed by atoms with E-state index < -0.39 is 24.5 Å². The van der Waals surface area contributed by atoms with Crippen molar-refractivity contribution in [2.24, 2.45) is 7.05 Å². The first-order valence-corrected chi connectivity index (χ1v) is 6.45. The molecular formula is C14H15N3O5. The molecule has 0 bridgehead atoms. The molecule has 22 heavy (non-hydrogen) atoms. The van der Waals surface area contributed by atoms with Gasteiger partial charge in [-0.1, -0.05) is 18.2 Å². The van der Waals surface area contributed by atoms with Gasteiger partial charge in [0.05, 0.1) is 19.1 Å². The lowest BCUT2D eigenvalue weighted by molar-refractivity contribution is -0.143. The highest BCUT2D eigenvalue weighted by atomic mass is 16.5. The van der Waals surface area contributed by atoms with Gasteiger partial charge in [-0.05, 0) is 6.07 Å². The first-order chi connectivity index (χ1) is 10.5. The largest absolute Gasteiger partial charge is 0.467 e. The zero-order chi connectivity index (χ0) is 16.3. The van der Waals surface area contributed by atoms with Gasteiger partial charge in [0.25, 0.3) is 11.5 Å². The van der Waals surface area contributed by atoms with Gasteiger partial charge in [0.1, 0.15) is 0 Å². The van der Waals surface area contributed by atoms with E-state index in [4.69, 9.17) is 5.11 Å². The summed E-state index contributed by atoms with van der Waals surface area (Å²) in [6.07, 6.45) is 0. The van der Waals surface area contributed by atoms with Gasteiger partial charge >= 0.3 is 5.97 Å². The predicted octanol–water partition coefficient (Wildman–Crippen LogP) is -0.803. The molecule has 2 aromatic rings. The molecule has 0 aliphatic carbocycles. The van der Waals surface area contributed by atoms with Crippen LogP contribution in [0, 0.1) is 0 Å². The zero-order valence-electron chi connectivity index (χ0n) is 12.1. The number of aromatic nitrogens is 2. The third kappa shape index (κ3) is 2.82. The molecule has 0 aliphatic rings. The molecule has 0 saturated carbocycles. The number of carbonyl (C=O) groups excluding carboxylic acids is 2. The molecule has 2 rings (SSSR count). The van der Waals surface area contributed by atoms with Crippen molar-refractivity contribution in [2.45, 2.75) is 6.04 Å². The molecule has 0 aliphatic heterocycles. The maximum atomic E-state index is 12.3. The molecule has 0 fully saturated rings. The Morgan fingerprint density at radius 1 is 1.36 bits per heavy atom. The highest BCUT2D eigenvalue weighted by molar-refractivity contribution is 6.05. The van der Waals surface area contributed by atoms with Crippen molar-refractivity contribution in [2.75, 3.05) is 13.7 Å². The molecule has 1 amide bonds. The lowest BCUT2D eigenvalue weighted by atomic mass is 10.1. The van der Waals surface area contributed by atoms with Crippen molar-refractivity contribution in [3.63, 3.8) is 0 Å². The number of nitrogens with one attached hydrogen (secondary N) is 1. The zero-order valence-corrected chi connectivity index (χ0v) is 12.1. The van der Waals surface area contributed by atoms with E-state index in [1.807, 2.05) is 0 Å². The van der Waals surface area contributed by atoms with E-state index in [2.05, 4.69) is 15.2 Å². The van der Waals surface area contributed by atoms with Gasteiger partial charge in [0.2, 0.25) is 0 Å². The summed E-state index contributed by atoms with van der Waals surface area (Å²) in [6, 6.07) is 5.32. The molecule has 1 aromatic carbocycles. The first-order valence-electron chi connectivity index (χ1n) is 6.45. The molecule has 8 nitrogen and oxygen atoms in total. The monoisotopic (exact) mass is 305 g/mol. The van der Waals surface area contributed by atoms with Gasteiger partial charge in [-0.15, -0.1) is 0 Å². The summed E-state index contributed by atoms with van der Waals surface area (Å²) >= 11 is 0. The summed E-state index contributed by atoms with van der Waals surface area (Å²) in [5, 5.41) is 16.1. The van der Waals surface area contributed by atoms with Crippen LogP contribution in [0.5, 0.6) is 0 Å².